The summed E-state index contributed by atoms with van der Waals surface area (Å²) in [6, 6.07) is 19.2. The van der Waals surface area contributed by atoms with Crippen molar-refractivity contribution in [2.45, 2.75) is 32.4 Å². The molecule has 0 aliphatic carbocycles. The number of para-hydroxylation sites is 1. The maximum atomic E-state index is 4.37. The highest BCUT2D eigenvalue weighted by molar-refractivity contribution is 5.80. The molecule has 0 amide bonds. The molecular weight excluding hydrogens is 334 g/mol. The Bertz CT molecular complexity index is 840. The number of hydrogen-bond acceptors (Lipinski definition) is 2. The van der Waals surface area contributed by atoms with E-state index in [0.29, 0.717) is 12.6 Å². The smallest absolute Gasteiger partial charge is 0.191 e. The summed E-state index contributed by atoms with van der Waals surface area (Å²) in [6.07, 6.45) is 7.67. The first-order chi connectivity index (χ1) is 13.3. The summed E-state index contributed by atoms with van der Waals surface area (Å²) in [7, 11) is 1.81. The molecule has 5 heteroatoms. The van der Waals surface area contributed by atoms with Crippen LogP contribution in [0.5, 0.6) is 0 Å². The van der Waals surface area contributed by atoms with E-state index in [1.165, 1.54) is 11.1 Å². The fourth-order valence-electron chi connectivity index (χ4n) is 3.02. The Balaban J connectivity index is 1.54. The molecule has 1 atom stereocenters. The maximum Gasteiger partial charge on any atom is 0.191 e. The van der Waals surface area contributed by atoms with Crippen LogP contribution in [0.25, 0.3) is 5.69 Å². The lowest BCUT2D eigenvalue weighted by molar-refractivity contribution is 0.593. The second-order valence-electron chi connectivity index (χ2n) is 6.59. The van der Waals surface area contributed by atoms with E-state index in [-0.39, 0.29) is 0 Å². The maximum absolute atomic E-state index is 4.37. The Hall–Kier alpha value is -3.08. The molecule has 0 spiro atoms. The van der Waals surface area contributed by atoms with Gasteiger partial charge >= 0.3 is 0 Å². The monoisotopic (exact) mass is 361 g/mol. The lowest BCUT2D eigenvalue weighted by atomic mass is 10.1. The molecular formula is C22H27N5. The van der Waals surface area contributed by atoms with Crippen LogP contribution >= 0.6 is 0 Å². The van der Waals surface area contributed by atoms with Gasteiger partial charge in [-0.3, -0.25) is 4.99 Å². The number of aliphatic imine (C=N–C) groups is 1. The van der Waals surface area contributed by atoms with Crippen LogP contribution in [0.1, 0.15) is 24.5 Å². The third-order valence-corrected chi connectivity index (χ3v) is 4.54. The molecule has 3 rings (SSSR count). The molecule has 0 aliphatic rings. The van der Waals surface area contributed by atoms with Gasteiger partial charge in [0, 0.05) is 32.0 Å². The quantitative estimate of drug-likeness (QED) is 0.500. The van der Waals surface area contributed by atoms with Crippen LogP contribution in [0, 0.1) is 0 Å². The second kappa shape index (κ2) is 9.57. The van der Waals surface area contributed by atoms with E-state index in [4.69, 9.17) is 0 Å². The fourth-order valence-corrected chi connectivity index (χ4v) is 3.02. The molecule has 27 heavy (non-hydrogen) atoms. The minimum atomic E-state index is 0.334. The number of nitrogens with one attached hydrogen (secondary N) is 2. The highest BCUT2D eigenvalue weighted by Gasteiger charge is 2.08. The number of guanidine groups is 1. The minimum absolute atomic E-state index is 0.334. The highest BCUT2D eigenvalue weighted by atomic mass is 15.2. The molecule has 0 bridgehead atoms. The van der Waals surface area contributed by atoms with E-state index in [2.05, 4.69) is 76.1 Å². The van der Waals surface area contributed by atoms with Gasteiger partial charge in [0.2, 0.25) is 0 Å². The summed E-state index contributed by atoms with van der Waals surface area (Å²) < 4.78 is 2.02. The minimum Gasteiger partial charge on any atom is -0.354 e. The van der Waals surface area contributed by atoms with Gasteiger partial charge in [0.05, 0.1) is 12.0 Å². The van der Waals surface area contributed by atoms with Gasteiger partial charge in [-0.15, -0.1) is 0 Å². The summed E-state index contributed by atoms with van der Waals surface area (Å²) in [4.78, 5) is 8.51. The normalized spacial score (nSPS) is 12.6. The lowest BCUT2D eigenvalue weighted by Crippen LogP contribution is -2.42. The van der Waals surface area contributed by atoms with Crippen molar-refractivity contribution in [2.24, 2.45) is 4.99 Å². The van der Waals surface area contributed by atoms with Gasteiger partial charge in [0.25, 0.3) is 0 Å². The molecule has 1 heterocycles. The summed E-state index contributed by atoms with van der Waals surface area (Å²) in [5, 5.41) is 6.90. The summed E-state index contributed by atoms with van der Waals surface area (Å²) in [6.45, 7) is 2.88. The van der Waals surface area contributed by atoms with Crippen molar-refractivity contribution in [1.82, 2.24) is 20.2 Å². The first-order valence-electron chi connectivity index (χ1n) is 9.33. The number of aromatic nitrogens is 2. The number of benzene rings is 2. The Morgan fingerprint density at radius 3 is 2.63 bits per heavy atom. The molecule has 2 N–H and O–H groups in total. The zero-order valence-electron chi connectivity index (χ0n) is 16.0. The standard InChI is InChI=1S/C22H27N5/c1-18(12-13-19-8-4-3-5-9-19)26-22(23-2)25-16-20-10-6-7-11-21(20)27-15-14-24-17-27/h3-11,14-15,17-18H,12-13,16H2,1-2H3,(H2,23,25,26). The number of hydrogen-bond donors (Lipinski definition) is 2. The Labute approximate surface area is 161 Å². The van der Waals surface area contributed by atoms with Crippen molar-refractivity contribution in [3.63, 3.8) is 0 Å². The van der Waals surface area contributed by atoms with Crippen molar-refractivity contribution in [3.8, 4) is 5.69 Å². The topological polar surface area (TPSA) is 54.2 Å². The number of imidazole rings is 1. The zero-order chi connectivity index (χ0) is 18.9. The van der Waals surface area contributed by atoms with Gasteiger partial charge in [-0.2, -0.15) is 0 Å². The van der Waals surface area contributed by atoms with E-state index in [0.717, 1.165) is 24.5 Å². The SMILES string of the molecule is CN=C(NCc1ccccc1-n1ccnc1)NC(C)CCc1ccccc1. The van der Waals surface area contributed by atoms with Crippen molar-refractivity contribution < 1.29 is 0 Å². The fraction of sp³-hybridized carbons (Fsp3) is 0.273. The van der Waals surface area contributed by atoms with Crippen LogP contribution in [-0.4, -0.2) is 28.6 Å². The predicted molar refractivity (Wildman–Crippen MR) is 111 cm³/mol. The van der Waals surface area contributed by atoms with Crippen LogP contribution in [0.2, 0.25) is 0 Å². The van der Waals surface area contributed by atoms with Crippen LogP contribution in [0.3, 0.4) is 0 Å². The average Bonchev–Trinajstić information content (AvgIpc) is 3.25. The molecule has 1 aromatic heterocycles. The van der Waals surface area contributed by atoms with Gasteiger partial charge in [-0.25, -0.2) is 4.98 Å². The van der Waals surface area contributed by atoms with Gasteiger partial charge in [-0.05, 0) is 37.0 Å². The number of nitrogens with zero attached hydrogens (tertiary/aromatic N) is 3. The second-order valence-corrected chi connectivity index (χ2v) is 6.59. The van der Waals surface area contributed by atoms with Crippen molar-refractivity contribution in [3.05, 3.63) is 84.4 Å². The number of rotatable bonds is 7. The third-order valence-electron chi connectivity index (χ3n) is 4.54. The average molecular weight is 361 g/mol. The number of aryl methyl sites for hydroxylation is 1. The van der Waals surface area contributed by atoms with E-state index in [1.54, 1.807) is 13.2 Å². The third kappa shape index (κ3) is 5.45. The molecule has 140 valence electrons. The van der Waals surface area contributed by atoms with Gasteiger partial charge < -0.3 is 15.2 Å². The van der Waals surface area contributed by atoms with Crippen molar-refractivity contribution >= 4 is 5.96 Å². The lowest BCUT2D eigenvalue weighted by Gasteiger charge is -2.19. The predicted octanol–water partition coefficient (Wildman–Crippen LogP) is 3.56. The van der Waals surface area contributed by atoms with E-state index in [9.17, 15) is 0 Å². The van der Waals surface area contributed by atoms with Gasteiger partial charge in [-0.1, -0.05) is 48.5 Å². The van der Waals surface area contributed by atoms with E-state index >= 15 is 0 Å². The molecule has 0 saturated carbocycles. The van der Waals surface area contributed by atoms with Crippen LogP contribution < -0.4 is 10.6 Å². The van der Waals surface area contributed by atoms with E-state index in [1.807, 2.05) is 23.2 Å². The van der Waals surface area contributed by atoms with Crippen LogP contribution in [-0.2, 0) is 13.0 Å². The molecule has 0 aliphatic heterocycles. The van der Waals surface area contributed by atoms with Crippen LogP contribution in [0.4, 0.5) is 0 Å². The first kappa shape index (κ1) is 18.7. The largest absolute Gasteiger partial charge is 0.354 e. The van der Waals surface area contributed by atoms with Crippen LogP contribution in [0.15, 0.2) is 78.3 Å². The van der Waals surface area contributed by atoms with E-state index < -0.39 is 0 Å². The molecule has 0 saturated heterocycles. The highest BCUT2D eigenvalue weighted by Crippen LogP contribution is 2.13. The van der Waals surface area contributed by atoms with Crippen molar-refractivity contribution in [2.75, 3.05) is 7.05 Å². The van der Waals surface area contributed by atoms with Gasteiger partial charge in [0.1, 0.15) is 0 Å². The zero-order valence-corrected chi connectivity index (χ0v) is 16.0. The summed E-state index contributed by atoms with van der Waals surface area (Å²) >= 11 is 0. The van der Waals surface area contributed by atoms with Crippen molar-refractivity contribution in [1.29, 1.82) is 0 Å². The summed E-state index contributed by atoms with van der Waals surface area (Å²) in [5.41, 5.74) is 3.67. The molecule has 0 radical (unpaired) electrons. The molecule has 2 aromatic carbocycles. The Morgan fingerprint density at radius 1 is 1.11 bits per heavy atom. The Morgan fingerprint density at radius 2 is 1.89 bits per heavy atom. The Kier molecular flexibility index (Phi) is 6.63. The molecule has 1 unspecified atom stereocenters. The molecule has 5 nitrogen and oxygen atoms in total. The first-order valence-corrected chi connectivity index (χ1v) is 9.33. The molecule has 3 aromatic rings. The van der Waals surface area contributed by atoms with Gasteiger partial charge in [0.15, 0.2) is 5.96 Å². The molecule has 0 fully saturated rings. The summed E-state index contributed by atoms with van der Waals surface area (Å²) in [5.74, 6) is 0.816.